The van der Waals surface area contributed by atoms with Gasteiger partial charge >= 0.3 is 0 Å². The van der Waals surface area contributed by atoms with Gasteiger partial charge in [0.05, 0.1) is 5.41 Å². The molecule has 0 atom stereocenters. The summed E-state index contributed by atoms with van der Waals surface area (Å²) in [6, 6.07) is 6.49. The third-order valence-electron chi connectivity index (χ3n) is 2.63. The lowest BCUT2D eigenvalue weighted by molar-refractivity contribution is -0.125. The van der Waals surface area contributed by atoms with Gasteiger partial charge in [-0.2, -0.15) is 0 Å². The monoisotopic (exact) mass is 222 g/mol. The van der Waals surface area contributed by atoms with Crippen molar-refractivity contribution >= 4 is 11.6 Å². The second-order valence-corrected chi connectivity index (χ2v) is 4.47. The zero-order valence-corrected chi connectivity index (χ0v) is 9.90. The van der Waals surface area contributed by atoms with Crippen LogP contribution < -0.4 is 10.6 Å². The highest BCUT2D eigenvalue weighted by atomic mass is 16.3. The maximum absolute atomic E-state index is 12.1. The highest BCUT2D eigenvalue weighted by molar-refractivity contribution is 5.96. The molecule has 0 aliphatic rings. The van der Waals surface area contributed by atoms with Gasteiger partial charge in [0.1, 0.15) is 5.75 Å². The van der Waals surface area contributed by atoms with Crippen molar-refractivity contribution < 1.29 is 9.90 Å². The summed E-state index contributed by atoms with van der Waals surface area (Å²) in [6.07, 6.45) is 0. The zero-order valence-electron chi connectivity index (χ0n) is 9.90. The number of amides is 1. The van der Waals surface area contributed by atoms with E-state index in [2.05, 4.69) is 0 Å². The second-order valence-electron chi connectivity index (χ2n) is 4.47. The molecule has 1 aromatic rings. The fraction of sp³-hybridized carbons (Fsp3) is 0.417. The Kier molecular flexibility index (Phi) is 3.55. The van der Waals surface area contributed by atoms with Crippen molar-refractivity contribution in [3.05, 3.63) is 24.3 Å². The SMILES string of the molecule is CN(C(=O)C(C)(C)CN)c1ccc(O)cc1. The van der Waals surface area contributed by atoms with Crippen molar-refractivity contribution in [2.24, 2.45) is 11.1 Å². The fourth-order valence-corrected chi connectivity index (χ4v) is 1.33. The topological polar surface area (TPSA) is 66.6 Å². The van der Waals surface area contributed by atoms with E-state index in [4.69, 9.17) is 10.8 Å². The van der Waals surface area contributed by atoms with E-state index < -0.39 is 5.41 Å². The summed E-state index contributed by atoms with van der Waals surface area (Å²) in [6.45, 7) is 3.92. The van der Waals surface area contributed by atoms with Gasteiger partial charge < -0.3 is 15.7 Å². The van der Waals surface area contributed by atoms with Gasteiger partial charge in [-0.15, -0.1) is 0 Å². The van der Waals surface area contributed by atoms with Crippen molar-refractivity contribution in [1.29, 1.82) is 0 Å². The van der Waals surface area contributed by atoms with Gasteiger partial charge in [-0.3, -0.25) is 4.79 Å². The number of phenolic OH excluding ortho intramolecular Hbond substituents is 1. The van der Waals surface area contributed by atoms with Gasteiger partial charge in [0.15, 0.2) is 0 Å². The minimum atomic E-state index is -0.577. The number of benzene rings is 1. The number of hydrogen-bond acceptors (Lipinski definition) is 3. The first-order valence-electron chi connectivity index (χ1n) is 5.16. The van der Waals surface area contributed by atoms with E-state index >= 15 is 0 Å². The summed E-state index contributed by atoms with van der Waals surface area (Å²) in [4.78, 5) is 13.6. The number of hydrogen-bond donors (Lipinski definition) is 2. The highest BCUT2D eigenvalue weighted by Gasteiger charge is 2.29. The summed E-state index contributed by atoms with van der Waals surface area (Å²) in [5, 5.41) is 9.16. The summed E-state index contributed by atoms with van der Waals surface area (Å²) in [7, 11) is 1.70. The minimum absolute atomic E-state index is 0.0410. The molecule has 0 aliphatic carbocycles. The average Bonchev–Trinajstić information content (AvgIpc) is 2.28. The first kappa shape index (κ1) is 12.5. The van der Waals surface area contributed by atoms with Crippen molar-refractivity contribution in [2.45, 2.75) is 13.8 Å². The van der Waals surface area contributed by atoms with E-state index in [1.807, 2.05) is 13.8 Å². The average molecular weight is 222 g/mol. The number of nitrogens with zero attached hydrogens (tertiary/aromatic N) is 1. The Labute approximate surface area is 95.7 Å². The van der Waals surface area contributed by atoms with Crippen LogP contribution in [0.15, 0.2) is 24.3 Å². The van der Waals surface area contributed by atoms with E-state index in [0.717, 1.165) is 5.69 Å². The summed E-state index contributed by atoms with van der Waals surface area (Å²) in [5.41, 5.74) is 5.72. The lowest BCUT2D eigenvalue weighted by atomic mass is 9.92. The van der Waals surface area contributed by atoms with Crippen LogP contribution in [0.2, 0.25) is 0 Å². The Hall–Kier alpha value is -1.55. The van der Waals surface area contributed by atoms with Gasteiger partial charge in [-0.25, -0.2) is 0 Å². The van der Waals surface area contributed by atoms with Crippen LogP contribution >= 0.6 is 0 Å². The molecule has 0 aromatic heterocycles. The summed E-state index contributed by atoms with van der Waals surface area (Å²) in [5.74, 6) is 0.142. The normalized spacial score (nSPS) is 11.2. The molecule has 0 saturated carbocycles. The smallest absolute Gasteiger partial charge is 0.233 e. The number of rotatable bonds is 3. The first-order valence-corrected chi connectivity index (χ1v) is 5.16. The molecule has 0 saturated heterocycles. The number of aromatic hydroxyl groups is 1. The third kappa shape index (κ3) is 2.52. The number of anilines is 1. The first-order chi connectivity index (χ1) is 7.38. The summed E-state index contributed by atoms with van der Waals surface area (Å²) < 4.78 is 0. The van der Waals surface area contributed by atoms with Gasteiger partial charge in [-0.1, -0.05) is 0 Å². The molecule has 1 rings (SSSR count). The van der Waals surface area contributed by atoms with E-state index in [1.54, 1.807) is 36.2 Å². The molecule has 16 heavy (non-hydrogen) atoms. The fourth-order valence-electron chi connectivity index (χ4n) is 1.33. The Balaban J connectivity index is 2.90. The van der Waals surface area contributed by atoms with Gasteiger partial charge in [0.2, 0.25) is 5.91 Å². The standard InChI is InChI=1S/C12H18N2O2/c1-12(2,8-13)11(16)14(3)9-4-6-10(15)7-5-9/h4-7,15H,8,13H2,1-3H3. The van der Waals surface area contributed by atoms with Crippen LogP contribution in [0, 0.1) is 5.41 Å². The van der Waals surface area contributed by atoms with Crippen LogP contribution in [0.25, 0.3) is 0 Å². The van der Waals surface area contributed by atoms with Crippen LogP contribution in [-0.4, -0.2) is 24.6 Å². The van der Waals surface area contributed by atoms with Gasteiger partial charge in [0, 0.05) is 19.3 Å². The maximum Gasteiger partial charge on any atom is 0.233 e. The Morgan fingerprint density at radius 3 is 2.31 bits per heavy atom. The van der Waals surface area contributed by atoms with Crippen molar-refractivity contribution in [3.63, 3.8) is 0 Å². The molecular weight excluding hydrogens is 204 g/mol. The van der Waals surface area contributed by atoms with Gasteiger partial charge in [0.25, 0.3) is 0 Å². The van der Waals surface area contributed by atoms with E-state index in [0.29, 0.717) is 6.54 Å². The lowest BCUT2D eigenvalue weighted by Gasteiger charge is -2.28. The molecule has 0 radical (unpaired) electrons. The largest absolute Gasteiger partial charge is 0.508 e. The molecule has 0 fully saturated rings. The second kappa shape index (κ2) is 4.53. The quantitative estimate of drug-likeness (QED) is 0.811. The molecule has 4 nitrogen and oxygen atoms in total. The highest BCUT2D eigenvalue weighted by Crippen LogP contribution is 2.23. The number of phenols is 1. The molecule has 0 heterocycles. The lowest BCUT2D eigenvalue weighted by Crippen LogP contribution is -2.42. The van der Waals surface area contributed by atoms with E-state index in [9.17, 15) is 4.79 Å². The molecule has 88 valence electrons. The molecule has 3 N–H and O–H groups in total. The molecule has 4 heteroatoms. The van der Waals surface area contributed by atoms with E-state index in [1.165, 1.54) is 0 Å². The van der Waals surface area contributed by atoms with Crippen LogP contribution in [0.5, 0.6) is 5.75 Å². The van der Waals surface area contributed by atoms with Crippen LogP contribution in [-0.2, 0) is 4.79 Å². The summed E-state index contributed by atoms with van der Waals surface area (Å²) >= 11 is 0. The van der Waals surface area contributed by atoms with Crippen LogP contribution in [0.3, 0.4) is 0 Å². The Morgan fingerprint density at radius 1 is 1.38 bits per heavy atom. The molecular formula is C12H18N2O2. The number of carbonyl (C=O) groups excluding carboxylic acids is 1. The minimum Gasteiger partial charge on any atom is -0.508 e. The molecule has 0 bridgehead atoms. The predicted molar refractivity (Wildman–Crippen MR) is 64.4 cm³/mol. The predicted octanol–water partition coefficient (Wildman–Crippen LogP) is 1.34. The zero-order chi connectivity index (χ0) is 12.3. The molecule has 1 amide bonds. The van der Waals surface area contributed by atoms with Crippen molar-refractivity contribution in [2.75, 3.05) is 18.5 Å². The molecule has 0 aliphatic heterocycles. The van der Waals surface area contributed by atoms with Crippen molar-refractivity contribution in [3.8, 4) is 5.75 Å². The van der Waals surface area contributed by atoms with E-state index in [-0.39, 0.29) is 11.7 Å². The maximum atomic E-state index is 12.1. The van der Waals surface area contributed by atoms with Crippen molar-refractivity contribution in [1.82, 2.24) is 0 Å². The van der Waals surface area contributed by atoms with Crippen LogP contribution in [0.1, 0.15) is 13.8 Å². The molecule has 0 spiro atoms. The van der Waals surface area contributed by atoms with Crippen LogP contribution in [0.4, 0.5) is 5.69 Å². The number of nitrogens with two attached hydrogens (primary N) is 1. The molecule has 0 unspecified atom stereocenters. The number of carbonyl (C=O) groups is 1. The Morgan fingerprint density at radius 2 is 1.88 bits per heavy atom. The third-order valence-corrected chi connectivity index (χ3v) is 2.63. The molecule has 1 aromatic carbocycles. The Bertz CT molecular complexity index is 371. The van der Waals surface area contributed by atoms with Gasteiger partial charge in [-0.05, 0) is 38.1 Å².